The Kier molecular flexibility index (Phi) is 2.14. The molecule has 1 aliphatic rings. The average Bonchev–Trinajstić information content (AvgIpc) is 2.73. The summed E-state index contributed by atoms with van der Waals surface area (Å²) >= 11 is 0. The minimum Gasteiger partial charge on any atom is -0.330 e. The molecule has 0 aliphatic carbocycles. The van der Waals surface area contributed by atoms with Crippen LogP contribution in [0.4, 0.5) is 0 Å². The molecule has 1 aliphatic heterocycles. The molecule has 1 atom stereocenters. The molecule has 0 aromatic carbocycles. The zero-order valence-corrected chi connectivity index (χ0v) is 9.13. The second-order valence-electron chi connectivity index (χ2n) is 4.05. The van der Waals surface area contributed by atoms with Gasteiger partial charge in [-0.2, -0.15) is 0 Å². The summed E-state index contributed by atoms with van der Waals surface area (Å²) < 4.78 is 1.75. The number of allylic oxidation sites excluding steroid dienone is 1. The highest BCUT2D eigenvalue weighted by atomic mass is 16.2. The van der Waals surface area contributed by atoms with Crippen molar-refractivity contribution in [1.82, 2.24) is 24.9 Å². The number of aromatic nitrogens is 4. The lowest BCUT2D eigenvalue weighted by atomic mass is 9.96. The topological polar surface area (TPSA) is 72.2 Å². The molecule has 3 rings (SSSR count). The number of rotatable bonds is 1. The summed E-state index contributed by atoms with van der Waals surface area (Å²) in [4.78, 5) is 15.9. The summed E-state index contributed by atoms with van der Waals surface area (Å²) in [5.41, 5.74) is 1.46. The van der Waals surface area contributed by atoms with Crippen LogP contribution in [0, 0.1) is 0 Å². The minimum atomic E-state index is -0.278. The first-order chi connectivity index (χ1) is 8.25. The van der Waals surface area contributed by atoms with E-state index in [0.717, 1.165) is 12.1 Å². The molecule has 3 heterocycles. The molecule has 86 valence electrons. The molecule has 0 bridgehead atoms. The molecule has 0 saturated carbocycles. The van der Waals surface area contributed by atoms with Crippen molar-refractivity contribution in [2.75, 3.05) is 0 Å². The van der Waals surface area contributed by atoms with Crippen LogP contribution >= 0.6 is 0 Å². The Morgan fingerprint density at radius 3 is 3.18 bits per heavy atom. The number of fused-ring (bicyclic) bond motifs is 1. The zero-order valence-electron chi connectivity index (χ0n) is 9.13. The summed E-state index contributed by atoms with van der Waals surface area (Å²) in [6.07, 6.45) is 4.75. The maximum absolute atomic E-state index is 11.9. The predicted octanol–water partition coefficient (Wildman–Crippen LogP) is 0.632. The van der Waals surface area contributed by atoms with Gasteiger partial charge < -0.3 is 5.32 Å². The third-order valence-electron chi connectivity index (χ3n) is 2.90. The molecule has 6 nitrogen and oxygen atoms in total. The number of carbonyl (C=O) groups is 1. The number of nitrogens with zero attached hydrogens (tertiary/aromatic N) is 4. The molecule has 2 aromatic rings. The number of amides is 1. The fraction of sp³-hybridized carbons (Fsp3) is 0.273. The molecule has 2 aromatic heterocycles. The molecular weight excluding hydrogens is 218 g/mol. The van der Waals surface area contributed by atoms with Crippen molar-refractivity contribution >= 4 is 11.6 Å². The van der Waals surface area contributed by atoms with Gasteiger partial charge in [0.1, 0.15) is 6.33 Å². The van der Waals surface area contributed by atoms with E-state index in [1.165, 1.54) is 0 Å². The Morgan fingerprint density at radius 2 is 2.35 bits per heavy atom. The van der Waals surface area contributed by atoms with Gasteiger partial charge in [0.25, 0.3) is 0 Å². The van der Waals surface area contributed by atoms with Crippen LogP contribution in [0.25, 0.3) is 5.65 Å². The van der Waals surface area contributed by atoms with Crippen molar-refractivity contribution in [2.24, 2.45) is 0 Å². The number of hydrogen-bond donors (Lipinski definition) is 1. The zero-order chi connectivity index (χ0) is 11.8. The largest absolute Gasteiger partial charge is 0.330 e. The van der Waals surface area contributed by atoms with E-state index in [1.54, 1.807) is 23.0 Å². The lowest BCUT2D eigenvalue weighted by molar-refractivity contribution is -0.123. The number of piperidine rings is 1. The molecule has 1 saturated heterocycles. The van der Waals surface area contributed by atoms with Gasteiger partial charge in [0, 0.05) is 18.0 Å². The second kappa shape index (κ2) is 3.65. The standard InChI is InChI=1S/C11H11N5O/c1-7-2-3-8(11(17)13-7)10-15-14-9-4-5-12-6-16(9)10/h4-6,8H,1-3H2,(H,13,17). The van der Waals surface area contributed by atoms with E-state index < -0.39 is 0 Å². The molecule has 17 heavy (non-hydrogen) atoms. The molecule has 1 fully saturated rings. The summed E-state index contributed by atoms with van der Waals surface area (Å²) in [6.45, 7) is 3.76. The Bertz CT molecular complexity index is 603. The number of hydrogen-bond acceptors (Lipinski definition) is 4. The van der Waals surface area contributed by atoms with Gasteiger partial charge in [-0.1, -0.05) is 6.58 Å². The van der Waals surface area contributed by atoms with Crippen molar-refractivity contribution in [2.45, 2.75) is 18.8 Å². The summed E-state index contributed by atoms with van der Waals surface area (Å²) in [5, 5.41) is 10.8. The van der Waals surface area contributed by atoms with Crippen LogP contribution in [0.3, 0.4) is 0 Å². The highest BCUT2D eigenvalue weighted by molar-refractivity contribution is 5.85. The summed E-state index contributed by atoms with van der Waals surface area (Å²) in [7, 11) is 0. The first-order valence-electron chi connectivity index (χ1n) is 5.39. The van der Waals surface area contributed by atoms with E-state index in [4.69, 9.17) is 0 Å². The molecule has 1 amide bonds. The molecule has 1 unspecified atom stereocenters. The monoisotopic (exact) mass is 229 g/mol. The highest BCUT2D eigenvalue weighted by Crippen LogP contribution is 2.25. The second-order valence-corrected chi connectivity index (χ2v) is 4.05. The normalized spacial score (nSPS) is 20.6. The third kappa shape index (κ3) is 1.57. The lowest BCUT2D eigenvalue weighted by Gasteiger charge is -2.21. The van der Waals surface area contributed by atoms with Crippen molar-refractivity contribution in [3.05, 3.63) is 36.7 Å². The fourth-order valence-corrected chi connectivity index (χ4v) is 2.02. The van der Waals surface area contributed by atoms with Crippen LogP contribution < -0.4 is 5.32 Å². The van der Waals surface area contributed by atoms with Gasteiger partial charge in [0.15, 0.2) is 11.5 Å². The van der Waals surface area contributed by atoms with E-state index in [-0.39, 0.29) is 11.8 Å². The molecule has 0 spiro atoms. The predicted molar refractivity (Wildman–Crippen MR) is 60.0 cm³/mol. The van der Waals surface area contributed by atoms with Crippen LogP contribution in [0.15, 0.2) is 30.9 Å². The molecule has 0 radical (unpaired) electrons. The van der Waals surface area contributed by atoms with Crippen molar-refractivity contribution < 1.29 is 4.79 Å². The first-order valence-corrected chi connectivity index (χ1v) is 5.39. The van der Waals surface area contributed by atoms with Gasteiger partial charge in [0.2, 0.25) is 5.91 Å². The minimum absolute atomic E-state index is 0.0700. The highest BCUT2D eigenvalue weighted by Gasteiger charge is 2.29. The van der Waals surface area contributed by atoms with Crippen LogP contribution in [0.5, 0.6) is 0 Å². The van der Waals surface area contributed by atoms with Crippen LogP contribution in [-0.4, -0.2) is 25.5 Å². The van der Waals surface area contributed by atoms with Gasteiger partial charge in [-0.15, -0.1) is 10.2 Å². The summed E-state index contributed by atoms with van der Waals surface area (Å²) in [6, 6.07) is 1.76. The van der Waals surface area contributed by atoms with E-state index in [0.29, 0.717) is 17.9 Å². The Labute approximate surface area is 97.4 Å². The summed E-state index contributed by atoms with van der Waals surface area (Å²) in [5.74, 6) is 0.289. The number of nitrogens with one attached hydrogen (secondary N) is 1. The fourth-order valence-electron chi connectivity index (χ4n) is 2.02. The van der Waals surface area contributed by atoms with Gasteiger partial charge in [-0.05, 0) is 12.8 Å². The third-order valence-corrected chi connectivity index (χ3v) is 2.90. The van der Waals surface area contributed by atoms with E-state index >= 15 is 0 Å². The van der Waals surface area contributed by atoms with Crippen LogP contribution in [0.1, 0.15) is 24.6 Å². The lowest BCUT2D eigenvalue weighted by Crippen LogP contribution is -2.34. The first kappa shape index (κ1) is 9.95. The van der Waals surface area contributed by atoms with E-state index in [9.17, 15) is 4.79 Å². The van der Waals surface area contributed by atoms with Gasteiger partial charge in [-0.25, -0.2) is 4.98 Å². The maximum atomic E-state index is 11.9. The Balaban J connectivity index is 2.04. The average molecular weight is 229 g/mol. The van der Waals surface area contributed by atoms with E-state index in [2.05, 4.69) is 27.1 Å². The smallest absolute Gasteiger partial charge is 0.234 e. The van der Waals surface area contributed by atoms with Crippen molar-refractivity contribution in [3.63, 3.8) is 0 Å². The molecular formula is C11H11N5O. The maximum Gasteiger partial charge on any atom is 0.234 e. The number of carbonyl (C=O) groups excluding carboxylic acids is 1. The quantitative estimate of drug-likeness (QED) is 0.778. The van der Waals surface area contributed by atoms with Gasteiger partial charge >= 0.3 is 0 Å². The molecule has 1 N–H and O–H groups in total. The van der Waals surface area contributed by atoms with Crippen LogP contribution in [-0.2, 0) is 4.79 Å². The van der Waals surface area contributed by atoms with Crippen molar-refractivity contribution in [3.8, 4) is 0 Å². The SMILES string of the molecule is C=C1CCC(c2nnc3ccncn23)C(=O)N1. The van der Waals surface area contributed by atoms with Gasteiger partial charge in [-0.3, -0.25) is 9.20 Å². The van der Waals surface area contributed by atoms with E-state index in [1.807, 2.05) is 0 Å². The Morgan fingerprint density at radius 1 is 1.47 bits per heavy atom. The van der Waals surface area contributed by atoms with Crippen molar-refractivity contribution in [1.29, 1.82) is 0 Å². The van der Waals surface area contributed by atoms with Gasteiger partial charge in [0.05, 0.1) is 5.92 Å². The van der Waals surface area contributed by atoms with Crippen LogP contribution in [0.2, 0.25) is 0 Å². The Hall–Kier alpha value is -2.24. The molecule has 6 heteroatoms.